The highest BCUT2D eigenvalue weighted by Crippen LogP contribution is 2.21. The Kier molecular flexibility index (Phi) is 7.72. The third kappa shape index (κ3) is 5.65. The number of aliphatic hydroxyl groups is 2. The summed E-state index contributed by atoms with van der Waals surface area (Å²) in [7, 11) is 0. The lowest BCUT2D eigenvalue weighted by molar-refractivity contribution is 0.129. The predicted molar refractivity (Wildman–Crippen MR) is 85.5 cm³/mol. The van der Waals surface area contributed by atoms with Gasteiger partial charge in [0.2, 0.25) is 0 Å². The zero-order valence-corrected chi connectivity index (χ0v) is 13.4. The molecular weight excluding hydrogens is 266 g/mol. The minimum atomic E-state index is -0.228. The van der Waals surface area contributed by atoms with Crippen molar-refractivity contribution < 1.29 is 14.9 Å². The molecule has 4 nitrogen and oxygen atoms in total. The number of rotatable bonds is 10. The quantitative estimate of drug-likeness (QED) is 0.580. The standard InChI is InChI=1S/C17H29NO3/c1-4-17(13-20,18-14(2)3)10-7-11-21-16-9-6-5-8-15(16)12-19/h5-6,8-9,14,18-20H,4,7,10-13H2,1-3H3. The highest BCUT2D eigenvalue weighted by Gasteiger charge is 2.27. The Labute approximate surface area is 128 Å². The Bertz CT molecular complexity index is 403. The van der Waals surface area contributed by atoms with Crippen LogP contribution < -0.4 is 10.1 Å². The van der Waals surface area contributed by atoms with Gasteiger partial charge in [0.25, 0.3) is 0 Å². The summed E-state index contributed by atoms with van der Waals surface area (Å²) < 4.78 is 5.75. The maximum Gasteiger partial charge on any atom is 0.124 e. The molecule has 0 radical (unpaired) electrons. The van der Waals surface area contributed by atoms with Gasteiger partial charge in [-0.25, -0.2) is 0 Å². The van der Waals surface area contributed by atoms with E-state index in [2.05, 4.69) is 26.1 Å². The van der Waals surface area contributed by atoms with E-state index in [1.807, 2.05) is 24.3 Å². The fourth-order valence-corrected chi connectivity index (χ4v) is 2.57. The van der Waals surface area contributed by atoms with Crippen LogP contribution in [0.15, 0.2) is 24.3 Å². The summed E-state index contributed by atoms with van der Waals surface area (Å²) in [5.74, 6) is 0.739. The largest absolute Gasteiger partial charge is 0.493 e. The SMILES string of the molecule is CCC(CO)(CCCOc1ccccc1CO)NC(C)C. The number of hydrogen-bond donors (Lipinski definition) is 3. The van der Waals surface area contributed by atoms with E-state index in [0.717, 1.165) is 30.6 Å². The van der Waals surface area contributed by atoms with Crippen molar-refractivity contribution in [2.24, 2.45) is 0 Å². The number of para-hydroxylation sites is 1. The van der Waals surface area contributed by atoms with E-state index in [9.17, 15) is 10.2 Å². The Balaban J connectivity index is 2.47. The van der Waals surface area contributed by atoms with Crippen molar-refractivity contribution in [2.75, 3.05) is 13.2 Å². The molecule has 0 aromatic heterocycles. The second kappa shape index (κ2) is 9.03. The van der Waals surface area contributed by atoms with E-state index in [4.69, 9.17) is 4.74 Å². The lowest BCUT2D eigenvalue weighted by Crippen LogP contribution is -2.51. The maximum atomic E-state index is 9.69. The summed E-state index contributed by atoms with van der Waals surface area (Å²) in [5, 5.41) is 22.4. The Morgan fingerprint density at radius 1 is 1.24 bits per heavy atom. The van der Waals surface area contributed by atoms with E-state index in [-0.39, 0.29) is 18.8 Å². The van der Waals surface area contributed by atoms with Crippen molar-refractivity contribution in [1.29, 1.82) is 0 Å². The van der Waals surface area contributed by atoms with Gasteiger partial charge < -0.3 is 20.3 Å². The molecule has 1 aromatic rings. The molecule has 0 aliphatic carbocycles. The molecule has 1 aromatic carbocycles. The minimum absolute atomic E-state index is 0.0133. The molecule has 0 saturated heterocycles. The first-order valence-corrected chi connectivity index (χ1v) is 7.77. The molecule has 0 bridgehead atoms. The van der Waals surface area contributed by atoms with Gasteiger partial charge in [0.1, 0.15) is 5.75 Å². The summed E-state index contributed by atoms with van der Waals surface area (Å²) in [6.07, 6.45) is 2.60. The normalized spacial score (nSPS) is 14.2. The molecule has 0 fully saturated rings. The van der Waals surface area contributed by atoms with E-state index in [0.29, 0.717) is 12.6 Å². The van der Waals surface area contributed by atoms with Crippen LogP contribution in [-0.4, -0.2) is 35.0 Å². The molecule has 1 unspecified atom stereocenters. The summed E-state index contributed by atoms with van der Waals surface area (Å²) >= 11 is 0. The highest BCUT2D eigenvalue weighted by atomic mass is 16.5. The summed E-state index contributed by atoms with van der Waals surface area (Å²) in [6, 6.07) is 7.86. The molecule has 0 aliphatic heterocycles. The van der Waals surface area contributed by atoms with Crippen LogP contribution in [0, 0.1) is 0 Å². The number of ether oxygens (including phenoxy) is 1. The first-order valence-electron chi connectivity index (χ1n) is 7.77. The molecule has 1 atom stereocenters. The number of nitrogens with one attached hydrogen (secondary N) is 1. The van der Waals surface area contributed by atoms with Crippen molar-refractivity contribution in [1.82, 2.24) is 5.32 Å². The molecule has 21 heavy (non-hydrogen) atoms. The van der Waals surface area contributed by atoms with Gasteiger partial charge in [0.05, 0.1) is 19.8 Å². The van der Waals surface area contributed by atoms with Crippen LogP contribution in [0.3, 0.4) is 0 Å². The Morgan fingerprint density at radius 3 is 2.52 bits per heavy atom. The van der Waals surface area contributed by atoms with E-state index in [1.165, 1.54) is 0 Å². The first kappa shape index (κ1) is 18.0. The van der Waals surface area contributed by atoms with Gasteiger partial charge in [-0.1, -0.05) is 39.0 Å². The first-order chi connectivity index (χ1) is 10.1. The van der Waals surface area contributed by atoms with Crippen LogP contribution in [0.25, 0.3) is 0 Å². The van der Waals surface area contributed by atoms with Crippen LogP contribution in [0.1, 0.15) is 45.6 Å². The Hall–Kier alpha value is -1.10. The number of hydrogen-bond acceptors (Lipinski definition) is 4. The van der Waals surface area contributed by atoms with E-state index < -0.39 is 0 Å². The predicted octanol–water partition coefficient (Wildman–Crippen LogP) is 2.48. The maximum absolute atomic E-state index is 9.69. The molecule has 0 spiro atoms. The van der Waals surface area contributed by atoms with Crippen molar-refractivity contribution in [3.63, 3.8) is 0 Å². The van der Waals surface area contributed by atoms with Crippen molar-refractivity contribution >= 4 is 0 Å². The zero-order chi connectivity index (χ0) is 15.7. The van der Waals surface area contributed by atoms with Crippen LogP contribution in [0.5, 0.6) is 5.75 Å². The molecule has 0 amide bonds. The van der Waals surface area contributed by atoms with Gasteiger partial charge in [-0.15, -0.1) is 0 Å². The fraction of sp³-hybridized carbons (Fsp3) is 0.647. The van der Waals surface area contributed by atoms with Crippen molar-refractivity contribution in [3.8, 4) is 5.75 Å². The number of aliphatic hydroxyl groups excluding tert-OH is 2. The van der Waals surface area contributed by atoms with Crippen LogP contribution in [-0.2, 0) is 6.61 Å². The molecular formula is C17H29NO3. The van der Waals surface area contributed by atoms with Crippen molar-refractivity contribution in [2.45, 2.75) is 58.2 Å². The highest BCUT2D eigenvalue weighted by molar-refractivity contribution is 5.32. The van der Waals surface area contributed by atoms with Crippen LogP contribution in [0.2, 0.25) is 0 Å². The van der Waals surface area contributed by atoms with Crippen LogP contribution in [0.4, 0.5) is 0 Å². The topological polar surface area (TPSA) is 61.7 Å². The van der Waals surface area contributed by atoms with Crippen molar-refractivity contribution in [3.05, 3.63) is 29.8 Å². The van der Waals surface area contributed by atoms with Gasteiger partial charge in [-0.3, -0.25) is 0 Å². The monoisotopic (exact) mass is 295 g/mol. The smallest absolute Gasteiger partial charge is 0.124 e. The lowest BCUT2D eigenvalue weighted by atomic mass is 9.90. The number of benzene rings is 1. The molecule has 1 rings (SSSR count). The lowest BCUT2D eigenvalue weighted by Gasteiger charge is -2.34. The minimum Gasteiger partial charge on any atom is -0.493 e. The molecule has 120 valence electrons. The van der Waals surface area contributed by atoms with E-state index in [1.54, 1.807) is 0 Å². The average molecular weight is 295 g/mol. The zero-order valence-electron chi connectivity index (χ0n) is 13.4. The Morgan fingerprint density at radius 2 is 1.95 bits per heavy atom. The second-order valence-electron chi connectivity index (χ2n) is 5.81. The molecule has 0 aliphatic rings. The third-order valence-corrected chi connectivity index (χ3v) is 3.77. The molecule has 0 heterocycles. The summed E-state index contributed by atoms with van der Waals surface area (Å²) in [5.41, 5.74) is 0.579. The van der Waals surface area contributed by atoms with Gasteiger partial charge in [0.15, 0.2) is 0 Å². The van der Waals surface area contributed by atoms with Gasteiger partial charge in [-0.05, 0) is 25.3 Å². The van der Waals surface area contributed by atoms with Gasteiger partial charge in [-0.2, -0.15) is 0 Å². The molecule has 4 heteroatoms. The fourth-order valence-electron chi connectivity index (χ4n) is 2.57. The summed E-state index contributed by atoms with van der Waals surface area (Å²) in [6.45, 7) is 6.98. The second-order valence-corrected chi connectivity index (χ2v) is 5.81. The molecule has 0 saturated carbocycles. The molecule has 3 N–H and O–H groups in total. The van der Waals surface area contributed by atoms with Gasteiger partial charge >= 0.3 is 0 Å². The van der Waals surface area contributed by atoms with Crippen LogP contribution >= 0.6 is 0 Å². The van der Waals surface area contributed by atoms with E-state index >= 15 is 0 Å². The average Bonchev–Trinajstić information content (AvgIpc) is 2.50. The van der Waals surface area contributed by atoms with Gasteiger partial charge in [0, 0.05) is 17.1 Å². The third-order valence-electron chi connectivity index (χ3n) is 3.77. The summed E-state index contributed by atoms with van der Waals surface area (Å²) in [4.78, 5) is 0.